The van der Waals surface area contributed by atoms with E-state index in [9.17, 15) is 9.59 Å². The van der Waals surface area contributed by atoms with Crippen LogP contribution in [0, 0.1) is 42.9 Å². The second kappa shape index (κ2) is 3.70. The molecule has 112 valence electrons. The first-order valence-electron chi connectivity index (χ1n) is 8.18. The van der Waals surface area contributed by atoms with E-state index in [0.717, 1.165) is 16.8 Å². The van der Waals surface area contributed by atoms with E-state index in [1.54, 1.807) is 0 Å². The highest BCUT2D eigenvalue weighted by Gasteiger charge is 2.73. The first kappa shape index (κ1) is 12.6. The summed E-state index contributed by atoms with van der Waals surface area (Å²) in [5.41, 5.74) is 3.13. The van der Waals surface area contributed by atoms with Crippen LogP contribution >= 0.6 is 0 Å². The minimum atomic E-state index is -0.107. The fourth-order valence-corrected chi connectivity index (χ4v) is 5.28. The summed E-state index contributed by atoms with van der Waals surface area (Å²) in [7, 11) is 0. The minimum Gasteiger partial charge on any atom is -0.274 e. The molecule has 3 nitrogen and oxygen atoms in total. The van der Waals surface area contributed by atoms with Crippen LogP contribution in [-0.4, -0.2) is 11.8 Å². The zero-order valence-corrected chi connectivity index (χ0v) is 12.9. The van der Waals surface area contributed by atoms with E-state index in [2.05, 4.69) is 12.2 Å². The summed E-state index contributed by atoms with van der Waals surface area (Å²) >= 11 is 0. The third kappa shape index (κ3) is 1.25. The van der Waals surface area contributed by atoms with Crippen LogP contribution in [0.3, 0.4) is 0 Å². The van der Waals surface area contributed by atoms with Crippen LogP contribution in [0.5, 0.6) is 0 Å². The van der Waals surface area contributed by atoms with Gasteiger partial charge in [0.1, 0.15) is 0 Å². The standard InChI is InChI=1S/C19H19NO2/c1-10-3-4-11(2)14(9-10)20-17(21)15-12-5-6-13(16(15)18(20)22)19(12)7-8-19/h3-6,9,12-13,15-16H,7-8H2,1-2H3/t12-,13+,15-,16-/m0/s1. The van der Waals surface area contributed by atoms with Gasteiger partial charge in [0.2, 0.25) is 11.8 Å². The molecular weight excluding hydrogens is 274 g/mol. The molecule has 22 heavy (non-hydrogen) atoms. The van der Waals surface area contributed by atoms with Gasteiger partial charge in [0.25, 0.3) is 0 Å². The number of benzene rings is 1. The third-order valence-electron chi connectivity index (χ3n) is 6.46. The molecule has 1 heterocycles. The molecule has 3 fully saturated rings. The van der Waals surface area contributed by atoms with Gasteiger partial charge < -0.3 is 0 Å². The number of fused-ring (bicyclic) bond motifs is 3. The van der Waals surface area contributed by atoms with Crippen molar-refractivity contribution in [2.45, 2.75) is 26.7 Å². The summed E-state index contributed by atoms with van der Waals surface area (Å²) in [5, 5.41) is 0. The largest absolute Gasteiger partial charge is 0.274 e. The number of nitrogens with zero attached hydrogens (tertiary/aromatic N) is 1. The molecule has 0 aromatic heterocycles. The van der Waals surface area contributed by atoms with Gasteiger partial charge in [-0.25, -0.2) is 4.90 Å². The van der Waals surface area contributed by atoms with Gasteiger partial charge >= 0.3 is 0 Å². The van der Waals surface area contributed by atoms with Gasteiger partial charge in [-0.2, -0.15) is 0 Å². The first-order valence-corrected chi connectivity index (χ1v) is 8.18. The van der Waals surface area contributed by atoms with Crippen molar-refractivity contribution in [2.24, 2.45) is 29.1 Å². The molecule has 5 rings (SSSR count). The number of imide groups is 1. The summed E-state index contributed by atoms with van der Waals surface area (Å²) in [6.07, 6.45) is 6.81. The van der Waals surface area contributed by atoms with Gasteiger partial charge in [-0.3, -0.25) is 9.59 Å². The molecule has 1 aromatic rings. The SMILES string of the molecule is Cc1ccc(C)c(N2C(=O)[C@@H]3[C@@H](C2=O)[C@@H]2C=C[C@H]3C23CC3)c1. The van der Waals surface area contributed by atoms with Crippen LogP contribution in [0.25, 0.3) is 0 Å². The molecule has 0 unspecified atom stereocenters. The highest BCUT2D eigenvalue weighted by Crippen LogP contribution is 2.73. The van der Waals surface area contributed by atoms with Crippen molar-refractivity contribution in [3.05, 3.63) is 41.5 Å². The summed E-state index contributed by atoms with van der Waals surface area (Å²) in [6, 6.07) is 5.98. The molecule has 0 radical (unpaired) electrons. The monoisotopic (exact) mass is 293 g/mol. The van der Waals surface area contributed by atoms with Gasteiger partial charge in [0.15, 0.2) is 0 Å². The Bertz CT molecular complexity index is 725. The first-order chi connectivity index (χ1) is 10.5. The van der Waals surface area contributed by atoms with Crippen LogP contribution in [0.15, 0.2) is 30.4 Å². The average molecular weight is 293 g/mol. The Morgan fingerprint density at radius 1 is 1.00 bits per heavy atom. The molecule has 2 bridgehead atoms. The van der Waals surface area contributed by atoms with Crippen molar-refractivity contribution in [1.29, 1.82) is 0 Å². The Kier molecular flexibility index (Phi) is 2.13. The van der Waals surface area contributed by atoms with Crippen molar-refractivity contribution in [2.75, 3.05) is 4.90 Å². The van der Waals surface area contributed by atoms with Crippen molar-refractivity contribution in [3.8, 4) is 0 Å². The number of amides is 2. The Balaban J connectivity index is 1.61. The smallest absolute Gasteiger partial charge is 0.238 e. The number of hydrogen-bond donors (Lipinski definition) is 0. The fourth-order valence-electron chi connectivity index (χ4n) is 5.28. The quantitative estimate of drug-likeness (QED) is 0.589. The molecule has 2 saturated carbocycles. The fraction of sp³-hybridized carbons (Fsp3) is 0.474. The molecule has 2 amide bonds. The van der Waals surface area contributed by atoms with E-state index in [4.69, 9.17) is 0 Å². The topological polar surface area (TPSA) is 37.4 Å². The van der Waals surface area contributed by atoms with Gasteiger partial charge in [-0.05, 0) is 61.1 Å². The number of hydrogen-bond acceptors (Lipinski definition) is 2. The second-order valence-corrected chi connectivity index (χ2v) is 7.52. The van der Waals surface area contributed by atoms with E-state index in [-0.39, 0.29) is 29.1 Å². The number of aryl methyl sites for hydroxylation is 2. The van der Waals surface area contributed by atoms with Crippen molar-refractivity contribution < 1.29 is 9.59 Å². The third-order valence-corrected chi connectivity index (χ3v) is 6.46. The summed E-state index contributed by atoms with van der Waals surface area (Å²) < 4.78 is 0. The minimum absolute atomic E-state index is 0.0341. The predicted molar refractivity (Wildman–Crippen MR) is 83.2 cm³/mol. The molecule has 3 heteroatoms. The number of carbonyl (C=O) groups excluding carboxylic acids is 2. The number of allylic oxidation sites excluding steroid dienone is 2. The average Bonchev–Trinajstić information content (AvgIpc) is 3.08. The normalized spacial score (nSPS) is 36.5. The van der Waals surface area contributed by atoms with Gasteiger partial charge in [0, 0.05) is 0 Å². The maximum absolute atomic E-state index is 13.0. The molecule has 1 saturated heterocycles. The zero-order chi connectivity index (χ0) is 15.2. The Morgan fingerprint density at radius 2 is 1.59 bits per heavy atom. The van der Waals surface area contributed by atoms with E-state index < -0.39 is 0 Å². The van der Waals surface area contributed by atoms with Crippen LogP contribution in [0.1, 0.15) is 24.0 Å². The summed E-state index contributed by atoms with van der Waals surface area (Å²) in [4.78, 5) is 27.6. The molecule has 1 spiro atoms. The van der Waals surface area contributed by atoms with Crippen molar-refractivity contribution >= 4 is 17.5 Å². The highest BCUT2D eigenvalue weighted by atomic mass is 16.2. The lowest BCUT2D eigenvalue weighted by molar-refractivity contribution is -0.123. The molecule has 1 aliphatic heterocycles. The van der Waals surface area contributed by atoms with E-state index >= 15 is 0 Å². The Labute approximate surface area is 130 Å². The molecule has 0 N–H and O–H groups in total. The molecule has 4 aliphatic rings. The molecule has 4 atom stereocenters. The van der Waals surface area contributed by atoms with Crippen molar-refractivity contribution in [3.63, 3.8) is 0 Å². The van der Waals surface area contributed by atoms with Gasteiger partial charge in [-0.15, -0.1) is 0 Å². The number of rotatable bonds is 1. The lowest BCUT2D eigenvalue weighted by Gasteiger charge is -2.23. The second-order valence-electron chi connectivity index (χ2n) is 7.52. The summed E-state index contributed by atoms with van der Waals surface area (Å²) in [5.74, 6) is 0.455. The lowest BCUT2D eigenvalue weighted by Crippen LogP contribution is -2.35. The van der Waals surface area contributed by atoms with Crippen LogP contribution < -0.4 is 4.90 Å². The van der Waals surface area contributed by atoms with E-state index in [1.165, 1.54) is 17.7 Å². The lowest BCUT2D eigenvalue weighted by atomic mass is 9.85. The van der Waals surface area contributed by atoms with Gasteiger partial charge in [-0.1, -0.05) is 24.3 Å². The Hall–Kier alpha value is -1.90. The van der Waals surface area contributed by atoms with E-state index in [0.29, 0.717) is 11.8 Å². The van der Waals surface area contributed by atoms with Crippen LogP contribution in [-0.2, 0) is 9.59 Å². The highest BCUT2D eigenvalue weighted by molar-refractivity contribution is 6.23. The van der Waals surface area contributed by atoms with Gasteiger partial charge in [0.05, 0.1) is 17.5 Å². The molecule has 3 aliphatic carbocycles. The summed E-state index contributed by atoms with van der Waals surface area (Å²) in [6.45, 7) is 3.97. The van der Waals surface area contributed by atoms with Crippen LogP contribution in [0.2, 0.25) is 0 Å². The number of anilines is 1. The maximum Gasteiger partial charge on any atom is 0.238 e. The zero-order valence-electron chi connectivity index (χ0n) is 12.9. The maximum atomic E-state index is 13.0. The predicted octanol–water partition coefficient (Wildman–Crippen LogP) is 3.01. The van der Waals surface area contributed by atoms with E-state index in [1.807, 2.05) is 32.0 Å². The van der Waals surface area contributed by atoms with Crippen molar-refractivity contribution in [1.82, 2.24) is 0 Å². The Morgan fingerprint density at radius 3 is 2.14 bits per heavy atom. The molecule has 1 aromatic carbocycles. The molecular formula is C19H19NO2. The van der Waals surface area contributed by atoms with Crippen LogP contribution in [0.4, 0.5) is 5.69 Å². The number of carbonyl (C=O) groups is 2.